The number of aliphatic hydroxyl groups is 1. The minimum absolute atomic E-state index is 0.197. The molecule has 0 radical (unpaired) electrons. The van der Waals surface area contributed by atoms with Crippen molar-refractivity contribution in [3.8, 4) is 0 Å². The average Bonchev–Trinajstić information content (AvgIpc) is 2.49. The molecule has 0 aliphatic carbocycles. The summed E-state index contributed by atoms with van der Waals surface area (Å²) in [7, 11) is 0. The molecule has 2 aromatic rings. The van der Waals surface area contributed by atoms with Gasteiger partial charge in [-0.3, -0.25) is 9.78 Å². The number of nitrogens with one attached hydrogen (secondary N) is 1. The molecule has 1 heterocycles. The lowest BCUT2D eigenvalue weighted by molar-refractivity contribution is -0.123. The van der Waals surface area contributed by atoms with Crippen LogP contribution >= 0.6 is 0 Å². The van der Waals surface area contributed by atoms with Crippen molar-refractivity contribution in [2.24, 2.45) is 0 Å². The van der Waals surface area contributed by atoms with Crippen molar-refractivity contribution >= 4 is 5.91 Å². The van der Waals surface area contributed by atoms with Crippen LogP contribution in [0.1, 0.15) is 17.0 Å². The number of aromatic nitrogens is 1. The Hall–Kier alpha value is -2.27. The molecule has 1 aromatic carbocycles. The van der Waals surface area contributed by atoms with E-state index in [2.05, 4.69) is 10.3 Å². The molecule has 20 heavy (non-hydrogen) atoms. The fourth-order valence-corrected chi connectivity index (χ4v) is 1.89. The van der Waals surface area contributed by atoms with E-state index in [-0.39, 0.29) is 5.56 Å². The van der Waals surface area contributed by atoms with E-state index in [1.165, 1.54) is 12.1 Å². The van der Waals surface area contributed by atoms with Crippen molar-refractivity contribution in [3.05, 3.63) is 65.7 Å². The normalized spacial score (nSPS) is 11.9. The monoisotopic (exact) mass is 274 g/mol. The summed E-state index contributed by atoms with van der Waals surface area (Å²) in [5, 5.41) is 12.0. The van der Waals surface area contributed by atoms with Crippen LogP contribution in [-0.2, 0) is 11.3 Å². The predicted octanol–water partition coefficient (Wildman–Crippen LogP) is 1.61. The van der Waals surface area contributed by atoms with E-state index < -0.39 is 24.2 Å². The van der Waals surface area contributed by atoms with Gasteiger partial charge in [0.05, 0.1) is 12.5 Å². The van der Waals surface area contributed by atoms with Gasteiger partial charge in [0.2, 0.25) is 5.91 Å². The van der Waals surface area contributed by atoms with Crippen LogP contribution in [0.15, 0.2) is 48.8 Å². The highest BCUT2D eigenvalue weighted by molar-refractivity contribution is 5.83. The van der Waals surface area contributed by atoms with Crippen LogP contribution < -0.4 is 5.32 Å². The van der Waals surface area contributed by atoms with Gasteiger partial charge in [-0.15, -0.1) is 0 Å². The van der Waals surface area contributed by atoms with E-state index in [1.807, 2.05) is 0 Å². The predicted molar refractivity (Wildman–Crippen MR) is 72.3 cm³/mol. The van der Waals surface area contributed by atoms with Gasteiger partial charge in [0, 0.05) is 24.5 Å². The molecule has 1 amide bonds. The summed E-state index contributed by atoms with van der Waals surface area (Å²) in [6.45, 7) is -0.130. The Morgan fingerprint density at radius 3 is 2.60 bits per heavy atom. The molecule has 104 valence electrons. The lowest BCUT2D eigenvalue weighted by atomic mass is 9.98. The van der Waals surface area contributed by atoms with Crippen LogP contribution in [0.3, 0.4) is 0 Å². The van der Waals surface area contributed by atoms with Crippen LogP contribution in [0, 0.1) is 5.82 Å². The Balaban J connectivity index is 2.05. The third-order valence-corrected chi connectivity index (χ3v) is 3.00. The molecule has 0 aliphatic heterocycles. The summed E-state index contributed by atoms with van der Waals surface area (Å²) in [5.41, 5.74) is 1.08. The fourth-order valence-electron chi connectivity index (χ4n) is 1.89. The van der Waals surface area contributed by atoms with Crippen molar-refractivity contribution in [1.29, 1.82) is 0 Å². The number of amides is 1. The maximum atomic E-state index is 13.7. The van der Waals surface area contributed by atoms with E-state index in [4.69, 9.17) is 0 Å². The summed E-state index contributed by atoms with van der Waals surface area (Å²) >= 11 is 0. The first-order chi connectivity index (χ1) is 9.72. The molecule has 1 unspecified atom stereocenters. The average molecular weight is 274 g/mol. The van der Waals surface area contributed by atoms with Crippen molar-refractivity contribution in [1.82, 2.24) is 10.3 Å². The standard InChI is InChI=1S/C15H15FN2O2/c16-14-4-2-1-3-12(14)13(10-19)15(20)18-9-11-5-7-17-8-6-11/h1-8,13,19H,9-10H2,(H,18,20). The third-order valence-electron chi connectivity index (χ3n) is 3.00. The molecule has 0 spiro atoms. The molecule has 1 aromatic heterocycles. The summed E-state index contributed by atoms with van der Waals surface area (Å²) in [5.74, 6) is -1.81. The molecule has 0 bridgehead atoms. The summed E-state index contributed by atoms with van der Waals surface area (Å²) < 4.78 is 13.7. The SMILES string of the molecule is O=C(NCc1ccncc1)C(CO)c1ccccc1F. The van der Waals surface area contributed by atoms with Crippen LogP contribution in [0.2, 0.25) is 0 Å². The molecule has 5 heteroatoms. The van der Waals surface area contributed by atoms with Gasteiger partial charge in [-0.2, -0.15) is 0 Å². The first kappa shape index (κ1) is 14.1. The highest BCUT2D eigenvalue weighted by atomic mass is 19.1. The highest BCUT2D eigenvalue weighted by Crippen LogP contribution is 2.19. The second kappa shape index (κ2) is 6.77. The lowest BCUT2D eigenvalue weighted by Gasteiger charge is -2.15. The van der Waals surface area contributed by atoms with Crippen molar-refractivity contribution < 1.29 is 14.3 Å². The van der Waals surface area contributed by atoms with Crippen LogP contribution in [0.25, 0.3) is 0 Å². The van der Waals surface area contributed by atoms with Crippen molar-refractivity contribution in [2.75, 3.05) is 6.61 Å². The maximum absolute atomic E-state index is 13.7. The first-order valence-electron chi connectivity index (χ1n) is 6.24. The summed E-state index contributed by atoms with van der Waals surface area (Å²) in [4.78, 5) is 15.9. The lowest BCUT2D eigenvalue weighted by Crippen LogP contribution is -2.31. The van der Waals surface area contributed by atoms with Crippen molar-refractivity contribution in [2.45, 2.75) is 12.5 Å². The van der Waals surface area contributed by atoms with Crippen molar-refractivity contribution in [3.63, 3.8) is 0 Å². The smallest absolute Gasteiger partial charge is 0.230 e. The highest BCUT2D eigenvalue weighted by Gasteiger charge is 2.22. The van der Waals surface area contributed by atoms with Gasteiger partial charge in [-0.05, 0) is 23.8 Å². The Bertz CT molecular complexity index is 575. The summed E-state index contributed by atoms with van der Waals surface area (Å²) in [6, 6.07) is 9.50. The molecule has 2 N–H and O–H groups in total. The molecule has 0 aliphatic rings. The van der Waals surface area contributed by atoms with E-state index in [1.54, 1.807) is 36.7 Å². The second-order valence-corrected chi connectivity index (χ2v) is 4.33. The zero-order chi connectivity index (χ0) is 14.4. The molecule has 0 saturated heterocycles. The van der Waals surface area contributed by atoms with Gasteiger partial charge >= 0.3 is 0 Å². The molecule has 2 rings (SSSR count). The number of rotatable bonds is 5. The molecule has 0 fully saturated rings. The Morgan fingerprint density at radius 1 is 1.25 bits per heavy atom. The van der Waals surface area contributed by atoms with Gasteiger partial charge in [0.15, 0.2) is 0 Å². The number of pyridine rings is 1. The van der Waals surface area contributed by atoms with Gasteiger partial charge in [-0.25, -0.2) is 4.39 Å². The number of carbonyl (C=O) groups is 1. The minimum Gasteiger partial charge on any atom is -0.395 e. The van der Waals surface area contributed by atoms with Crippen LogP contribution in [0.4, 0.5) is 4.39 Å². The van der Waals surface area contributed by atoms with E-state index in [0.717, 1.165) is 5.56 Å². The summed E-state index contributed by atoms with van der Waals surface area (Å²) in [6.07, 6.45) is 3.25. The van der Waals surface area contributed by atoms with Crippen LogP contribution in [0.5, 0.6) is 0 Å². The minimum atomic E-state index is -0.905. The van der Waals surface area contributed by atoms with Gasteiger partial charge in [-0.1, -0.05) is 18.2 Å². The van der Waals surface area contributed by atoms with Gasteiger partial charge in [0.1, 0.15) is 5.82 Å². The van der Waals surface area contributed by atoms with Gasteiger partial charge in [0.25, 0.3) is 0 Å². The Morgan fingerprint density at radius 2 is 1.95 bits per heavy atom. The number of aliphatic hydroxyl groups excluding tert-OH is 1. The van der Waals surface area contributed by atoms with Gasteiger partial charge < -0.3 is 10.4 Å². The molecular formula is C15H15FN2O2. The molecule has 1 atom stereocenters. The van der Waals surface area contributed by atoms with Crippen LogP contribution in [-0.4, -0.2) is 22.6 Å². The zero-order valence-corrected chi connectivity index (χ0v) is 10.8. The largest absolute Gasteiger partial charge is 0.395 e. The quantitative estimate of drug-likeness (QED) is 0.870. The molecule has 4 nitrogen and oxygen atoms in total. The topological polar surface area (TPSA) is 62.2 Å². The molecule has 0 saturated carbocycles. The zero-order valence-electron chi connectivity index (χ0n) is 10.8. The fraction of sp³-hybridized carbons (Fsp3) is 0.200. The van der Waals surface area contributed by atoms with E-state index in [9.17, 15) is 14.3 Å². The maximum Gasteiger partial charge on any atom is 0.230 e. The second-order valence-electron chi connectivity index (χ2n) is 4.33. The number of hydrogen-bond donors (Lipinski definition) is 2. The first-order valence-corrected chi connectivity index (χ1v) is 6.24. The number of nitrogens with zero attached hydrogens (tertiary/aromatic N) is 1. The number of hydrogen-bond acceptors (Lipinski definition) is 3. The van der Waals surface area contributed by atoms with E-state index >= 15 is 0 Å². The van der Waals surface area contributed by atoms with E-state index in [0.29, 0.717) is 6.54 Å². The number of carbonyl (C=O) groups excluding carboxylic acids is 1. The number of benzene rings is 1. The Kier molecular flexibility index (Phi) is 4.79. The number of halogens is 1. The third kappa shape index (κ3) is 3.39. The molecular weight excluding hydrogens is 259 g/mol. The Labute approximate surface area is 116 Å².